The summed E-state index contributed by atoms with van der Waals surface area (Å²) in [6.45, 7) is 0.359. The molecule has 4 rings (SSSR count). The number of H-pyrrole nitrogens is 1. The molecule has 4 aromatic rings. The second-order valence-corrected chi connectivity index (χ2v) is 7.30. The number of nitrogens with zero attached hydrogens (tertiary/aromatic N) is 2. The number of amides is 1. The maximum atomic E-state index is 12.4. The highest BCUT2D eigenvalue weighted by molar-refractivity contribution is 5.96. The second-order valence-electron chi connectivity index (χ2n) is 7.30. The molecule has 7 nitrogen and oxygen atoms in total. The number of benzene rings is 2. The number of hydrogen-bond acceptors (Lipinski definition) is 5. The van der Waals surface area contributed by atoms with Crippen molar-refractivity contribution < 1.29 is 14.3 Å². The molecule has 33 heavy (non-hydrogen) atoms. The van der Waals surface area contributed by atoms with Crippen LogP contribution in [0.2, 0.25) is 0 Å². The highest BCUT2D eigenvalue weighted by atomic mass is 16.5. The minimum Gasteiger partial charge on any atom is -0.493 e. The SMILES string of the molecule is COc1ccc(CNC(=O)/C=C/c2c[nH]c3ncc(-c4cccc(C#N)c4)cc23)cc1OC. The molecule has 2 heterocycles. The van der Waals surface area contributed by atoms with Crippen molar-refractivity contribution in [2.75, 3.05) is 14.2 Å². The van der Waals surface area contributed by atoms with Crippen molar-refractivity contribution in [2.45, 2.75) is 6.54 Å². The molecule has 2 N–H and O–H groups in total. The summed E-state index contributed by atoms with van der Waals surface area (Å²) < 4.78 is 10.5. The highest BCUT2D eigenvalue weighted by Gasteiger charge is 2.08. The summed E-state index contributed by atoms with van der Waals surface area (Å²) >= 11 is 0. The molecule has 0 spiro atoms. The molecule has 0 unspecified atom stereocenters. The third kappa shape index (κ3) is 4.86. The van der Waals surface area contributed by atoms with Crippen LogP contribution < -0.4 is 14.8 Å². The molecule has 0 radical (unpaired) electrons. The van der Waals surface area contributed by atoms with Crippen LogP contribution >= 0.6 is 0 Å². The maximum absolute atomic E-state index is 12.4. The van der Waals surface area contributed by atoms with Crippen LogP contribution in [0.15, 0.2) is 67.0 Å². The van der Waals surface area contributed by atoms with Crippen molar-refractivity contribution in [3.63, 3.8) is 0 Å². The van der Waals surface area contributed by atoms with E-state index in [4.69, 9.17) is 14.7 Å². The number of hydrogen-bond donors (Lipinski definition) is 2. The summed E-state index contributed by atoms with van der Waals surface area (Å²) in [7, 11) is 3.15. The largest absolute Gasteiger partial charge is 0.493 e. The van der Waals surface area contributed by atoms with E-state index in [1.807, 2.05) is 42.6 Å². The van der Waals surface area contributed by atoms with Gasteiger partial charge in [0.15, 0.2) is 11.5 Å². The first kappa shape index (κ1) is 21.7. The van der Waals surface area contributed by atoms with E-state index in [9.17, 15) is 4.79 Å². The molecule has 2 aromatic carbocycles. The van der Waals surface area contributed by atoms with Gasteiger partial charge in [-0.05, 0) is 47.5 Å². The number of rotatable bonds is 7. The Labute approximate surface area is 191 Å². The van der Waals surface area contributed by atoms with Crippen molar-refractivity contribution in [1.29, 1.82) is 5.26 Å². The van der Waals surface area contributed by atoms with Crippen LogP contribution in [0, 0.1) is 11.3 Å². The van der Waals surface area contributed by atoms with Crippen molar-refractivity contribution in [2.24, 2.45) is 0 Å². The second kappa shape index (κ2) is 9.71. The van der Waals surface area contributed by atoms with Crippen LogP contribution in [-0.2, 0) is 11.3 Å². The van der Waals surface area contributed by atoms with Crippen molar-refractivity contribution in [1.82, 2.24) is 15.3 Å². The zero-order chi connectivity index (χ0) is 23.2. The summed E-state index contributed by atoms with van der Waals surface area (Å²) in [5.74, 6) is 1.03. The summed E-state index contributed by atoms with van der Waals surface area (Å²) in [5, 5.41) is 12.9. The molecule has 1 amide bonds. The number of nitriles is 1. The van der Waals surface area contributed by atoms with Crippen LogP contribution in [0.5, 0.6) is 11.5 Å². The molecule has 0 aliphatic carbocycles. The lowest BCUT2D eigenvalue weighted by Gasteiger charge is -2.09. The number of ether oxygens (including phenoxy) is 2. The lowest BCUT2D eigenvalue weighted by molar-refractivity contribution is -0.116. The van der Waals surface area contributed by atoms with Gasteiger partial charge in [0.25, 0.3) is 0 Å². The smallest absolute Gasteiger partial charge is 0.244 e. The minimum absolute atomic E-state index is 0.218. The van der Waals surface area contributed by atoms with Gasteiger partial charge in [0, 0.05) is 41.5 Å². The van der Waals surface area contributed by atoms with Crippen LogP contribution in [0.4, 0.5) is 0 Å². The van der Waals surface area contributed by atoms with Crippen LogP contribution in [0.1, 0.15) is 16.7 Å². The first-order valence-electron chi connectivity index (χ1n) is 10.3. The van der Waals surface area contributed by atoms with Gasteiger partial charge in [0.2, 0.25) is 5.91 Å². The molecule has 0 aliphatic heterocycles. The number of aromatic nitrogens is 2. The fraction of sp³-hybridized carbons (Fsp3) is 0.115. The third-order valence-electron chi connectivity index (χ3n) is 5.22. The lowest BCUT2D eigenvalue weighted by atomic mass is 10.0. The zero-order valence-electron chi connectivity index (χ0n) is 18.3. The predicted octanol–water partition coefficient (Wildman–Crippen LogP) is 4.45. The average molecular weight is 438 g/mol. The molecule has 0 saturated carbocycles. The number of carbonyl (C=O) groups is 1. The first-order valence-corrected chi connectivity index (χ1v) is 10.3. The van der Waals surface area contributed by atoms with Gasteiger partial charge in [0.1, 0.15) is 5.65 Å². The van der Waals surface area contributed by atoms with Crippen molar-refractivity contribution >= 4 is 23.0 Å². The predicted molar refractivity (Wildman–Crippen MR) is 127 cm³/mol. The van der Waals surface area contributed by atoms with Crippen molar-refractivity contribution in [3.05, 3.63) is 83.7 Å². The van der Waals surface area contributed by atoms with Crippen molar-refractivity contribution in [3.8, 4) is 28.7 Å². The molecule has 0 bridgehead atoms. The normalized spacial score (nSPS) is 10.8. The molecule has 164 valence electrons. The van der Waals surface area contributed by atoms with Gasteiger partial charge >= 0.3 is 0 Å². The molecule has 2 aromatic heterocycles. The average Bonchev–Trinajstić information content (AvgIpc) is 3.28. The van der Waals surface area contributed by atoms with Crippen LogP contribution in [-0.4, -0.2) is 30.1 Å². The van der Waals surface area contributed by atoms with Gasteiger partial charge in [-0.15, -0.1) is 0 Å². The summed E-state index contributed by atoms with van der Waals surface area (Å²) in [6.07, 6.45) is 6.82. The summed E-state index contributed by atoms with van der Waals surface area (Å²) in [4.78, 5) is 20.0. The van der Waals surface area contributed by atoms with Gasteiger partial charge in [0.05, 0.1) is 25.9 Å². The lowest BCUT2D eigenvalue weighted by Crippen LogP contribution is -2.20. The standard InChI is InChI=1S/C26H22N4O3/c1-32-23-8-6-18(11-24(23)33-2)14-28-25(31)9-7-20-15-29-26-22(20)12-21(16-30-26)19-5-3-4-17(10-19)13-27/h3-12,15-16H,14H2,1-2H3,(H,28,31)(H,29,30)/b9-7+. The Kier molecular flexibility index (Phi) is 6.37. The van der Waals surface area contributed by atoms with Gasteiger partial charge in [-0.25, -0.2) is 4.98 Å². The molecule has 0 saturated heterocycles. The van der Waals surface area contributed by atoms with Crippen LogP contribution in [0.25, 0.3) is 28.2 Å². The first-order chi connectivity index (χ1) is 16.1. The quantitative estimate of drug-likeness (QED) is 0.415. The topological polar surface area (TPSA) is 100 Å². The van der Waals surface area contributed by atoms with Gasteiger partial charge < -0.3 is 19.8 Å². The Morgan fingerprint density at radius 2 is 1.97 bits per heavy atom. The fourth-order valence-electron chi connectivity index (χ4n) is 3.49. The van der Waals surface area contributed by atoms with Gasteiger partial charge in [-0.3, -0.25) is 4.79 Å². The zero-order valence-corrected chi connectivity index (χ0v) is 18.3. The van der Waals surface area contributed by atoms with E-state index in [1.54, 1.807) is 38.6 Å². The Morgan fingerprint density at radius 1 is 1.12 bits per heavy atom. The molecule has 0 fully saturated rings. The molecular formula is C26H22N4O3. The number of pyridine rings is 1. The third-order valence-corrected chi connectivity index (χ3v) is 5.22. The van der Waals surface area contributed by atoms with E-state index in [0.29, 0.717) is 23.6 Å². The fourth-order valence-corrected chi connectivity index (χ4v) is 3.49. The number of aromatic amines is 1. The monoisotopic (exact) mass is 438 g/mol. The summed E-state index contributed by atoms with van der Waals surface area (Å²) in [6, 6.07) is 17.0. The Morgan fingerprint density at radius 3 is 2.76 bits per heavy atom. The van der Waals surface area contributed by atoms with E-state index in [2.05, 4.69) is 21.4 Å². The Hall–Kier alpha value is -4.57. The van der Waals surface area contributed by atoms with E-state index in [0.717, 1.165) is 33.3 Å². The molecule has 7 heteroatoms. The van der Waals surface area contributed by atoms with E-state index < -0.39 is 0 Å². The minimum atomic E-state index is -0.218. The Bertz CT molecular complexity index is 1380. The molecule has 0 aliphatic rings. The Balaban J connectivity index is 1.48. The molecule has 0 atom stereocenters. The van der Waals surface area contributed by atoms with Gasteiger partial charge in [-0.2, -0.15) is 5.26 Å². The number of carbonyl (C=O) groups excluding carboxylic acids is 1. The number of nitrogens with one attached hydrogen (secondary N) is 2. The van der Waals surface area contributed by atoms with E-state index in [-0.39, 0.29) is 5.91 Å². The molecular weight excluding hydrogens is 416 g/mol. The summed E-state index contributed by atoms with van der Waals surface area (Å²) in [5.41, 5.74) is 4.86. The number of methoxy groups -OCH3 is 2. The highest BCUT2D eigenvalue weighted by Crippen LogP contribution is 2.28. The number of fused-ring (bicyclic) bond motifs is 1. The van der Waals surface area contributed by atoms with E-state index in [1.165, 1.54) is 6.08 Å². The van der Waals surface area contributed by atoms with Gasteiger partial charge in [-0.1, -0.05) is 18.2 Å². The maximum Gasteiger partial charge on any atom is 0.244 e. The van der Waals surface area contributed by atoms with Crippen LogP contribution in [0.3, 0.4) is 0 Å². The van der Waals surface area contributed by atoms with E-state index >= 15 is 0 Å².